The standard InChI is InChI=1S/C20H25FN2O4S/c1-20(2,3)27-18(24)22-7-12-8-23(19(25)26-12)11-4-5-13(16(21)6-11)17-14-9-28-10-15(14)17/h4-6,12,14-15,17H,7-10H2,1-3H3,(H,22,24)/t12-,14-,15+,17+/m0/s1. The molecule has 3 aliphatic rings. The number of hydrogen-bond donors (Lipinski definition) is 1. The minimum atomic E-state index is -0.597. The second-order valence-electron chi connectivity index (χ2n) is 8.60. The molecule has 0 unspecified atom stereocenters. The second kappa shape index (κ2) is 7.13. The van der Waals surface area contributed by atoms with Crippen molar-refractivity contribution in [2.45, 2.75) is 38.4 Å². The minimum absolute atomic E-state index is 0.140. The summed E-state index contributed by atoms with van der Waals surface area (Å²) in [5, 5.41) is 2.60. The summed E-state index contributed by atoms with van der Waals surface area (Å²) in [5.41, 5.74) is 0.640. The van der Waals surface area contributed by atoms with E-state index in [1.165, 1.54) is 11.0 Å². The van der Waals surface area contributed by atoms with E-state index in [4.69, 9.17) is 9.47 Å². The van der Waals surface area contributed by atoms with Crippen LogP contribution in [-0.4, -0.2) is 48.5 Å². The zero-order chi connectivity index (χ0) is 20.1. The second-order valence-corrected chi connectivity index (χ2v) is 9.67. The maximum Gasteiger partial charge on any atom is 0.414 e. The van der Waals surface area contributed by atoms with Crippen LogP contribution in [0.3, 0.4) is 0 Å². The summed E-state index contributed by atoms with van der Waals surface area (Å²) in [6, 6.07) is 5.00. The fourth-order valence-corrected chi connectivity index (χ4v) is 5.59. The molecule has 2 aliphatic heterocycles. The van der Waals surface area contributed by atoms with E-state index < -0.39 is 23.9 Å². The molecule has 4 atom stereocenters. The van der Waals surface area contributed by atoms with Crippen molar-refractivity contribution in [2.24, 2.45) is 11.8 Å². The lowest BCUT2D eigenvalue weighted by Crippen LogP contribution is -2.38. The third-order valence-corrected chi connectivity index (χ3v) is 6.60. The van der Waals surface area contributed by atoms with E-state index in [1.807, 2.05) is 11.8 Å². The molecule has 1 saturated carbocycles. The van der Waals surface area contributed by atoms with Gasteiger partial charge in [0.2, 0.25) is 0 Å². The summed E-state index contributed by atoms with van der Waals surface area (Å²) in [4.78, 5) is 25.3. The molecule has 8 heteroatoms. The van der Waals surface area contributed by atoms with Crippen molar-refractivity contribution in [3.8, 4) is 0 Å². The highest BCUT2D eigenvalue weighted by Gasteiger charge is 2.54. The number of amides is 2. The number of fused-ring (bicyclic) bond motifs is 1. The Kier molecular flexibility index (Phi) is 4.93. The summed E-state index contributed by atoms with van der Waals surface area (Å²) >= 11 is 1.94. The Labute approximate surface area is 168 Å². The van der Waals surface area contributed by atoms with E-state index in [-0.39, 0.29) is 18.9 Å². The van der Waals surface area contributed by atoms with E-state index in [0.29, 0.717) is 23.4 Å². The topological polar surface area (TPSA) is 67.9 Å². The minimum Gasteiger partial charge on any atom is -0.444 e. The molecule has 1 aliphatic carbocycles. The number of carbonyl (C=O) groups excluding carboxylic acids is 2. The fraction of sp³-hybridized carbons (Fsp3) is 0.600. The SMILES string of the molecule is CC(C)(C)OC(=O)NC[C@H]1CN(c2ccc([C@H]3[C@@H]4CSC[C@@H]43)c(F)c2)C(=O)O1. The molecule has 4 rings (SSSR count). The highest BCUT2D eigenvalue weighted by Crippen LogP contribution is 2.61. The molecule has 1 N–H and O–H groups in total. The first-order valence-corrected chi connectivity index (χ1v) is 10.7. The van der Waals surface area contributed by atoms with Crippen LogP contribution in [0.4, 0.5) is 19.7 Å². The molecule has 2 heterocycles. The lowest BCUT2D eigenvalue weighted by Gasteiger charge is -2.20. The van der Waals surface area contributed by atoms with Crippen LogP contribution in [0.2, 0.25) is 0 Å². The Morgan fingerprint density at radius 3 is 2.71 bits per heavy atom. The number of nitrogens with zero attached hydrogens (tertiary/aromatic N) is 1. The van der Waals surface area contributed by atoms with Crippen LogP contribution < -0.4 is 10.2 Å². The number of benzene rings is 1. The van der Waals surface area contributed by atoms with Crippen molar-refractivity contribution in [2.75, 3.05) is 29.5 Å². The molecule has 3 fully saturated rings. The molecule has 152 valence electrons. The fourth-order valence-electron chi connectivity index (χ4n) is 4.01. The molecule has 28 heavy (non-hydrogen) atoms. The molecule has 6 nitrogen and oxygen atoms in total. The monoisotopic (exact) mass is 408 g/mol. The van der Waals surface area contributed by atoms with Crippen LogP contribution in [-0.2, 0) is 9.47 Å². The number of cyclic esters (lactones) is 1. The number of anilines is 1. The maximum atomic E-state index is 14.7. The van der Waals surface area contributed by atoms with Crippen molar-refractivity contribution in [3.05, 3.63) is 29.6 Å². The number of nitrogens with one attached hydrogen (secondary N) is 1. The van der Waals surface area contributed by atoms with Crippen LogP contribution in [0.15, 0.2) is 18.2 Å². The summed E-state index contributed by atoms with van der Waals surface area (Å²) in [5.74, 6) is 3.50. The molecule has 0 aromatic heterocycles. The molecular formula is C20H25FN2O4S. The third kappa shape index (κ3) is 3.92. The van der Waals surface area contributed by atoms with E-state index >= 15 is 0 Å². The van der Waals surface area contributed by atoms with Gasteiger partial charge in [-0.3, -0.25) is 4.90 Å². The molecule has 0 spiro atoms. The molecule has 0 radical (unpaired) electrons. The van der Waals surface area contributed by atoms with Gasteiger partial charge in [0.05, 0.1) is 18.8 Å². The largest absolute Gasteiger partial charge is 0.444 e. The zero-order valence-electron chi connectivity index (χ0n) is 16.2. The number of thioether (sulfide) groups is 1. The van der Waals surface area contributed by atoms with Gasteiger partial charge in [-0.2, -0.15) is 11.8 Å². The van der Waals surface area contributed by atoms with E-state index in [9.17, 15) is 14.0 Å². The van der Waals surface area contributed by atoms with Gasteiger partial charge >= 0.3 is 12.2 Å². The quantitative estimate of drug-likeness (QED) is 0.822. The Hall–Kier alpha value is -1.96. The third-order valence-electron chi connectivity index (χ3n) is 5.35. The zero-order valence-corrected chi connectivity index (χ0v) is 17.1. The number of rotatable bonds is 4. The van der Waals surface area contributed by atoms with Gasteiger partial charge in [0, 0.05) is 0 Å². The number of halogens is 1. The summed E-state index contributed by atoms with van der Waals surface area (Å²) in [6.45, 7) is 5.71. The lowest BCUT2D eigenvalue weighted by molar-refractivity contribution is 0.0496. The maximum absolute atomic E-state index is 14.7. The highest BCUT2D eigenvalue weighted by molar-refractivity contribution is 7.99. The van der Waals surface area contributed by atoms with Crippen molar-refractivity contribution < 1.29 is 23.5 Å². The average Bonchev–Trinajstić information content (AvgIpc) is 2.94. The summed E-state index contributed by atoms with van der Waals surface area (Å²) in [7, 11) is 0. The normalized spacial score (nSPS) is 28.7. The predicted octanol–water partition coefficient (Wildman–Crippen LogP) is 3.75. The van der Waals surface area contributed by atoms with Crippen molar-refractivity contribution >= 4 is 29.6 Å². The van der Waals surface area contributed by atoms with Crippen molar-refractivity contribution in [1.29, 1.82) is 0 Å². The van der Waals surface area contributed by atoms with Gasteiger partial charge in [0.15, 0.2) is 0 Å². The van der Waals surface area contributed by atoms with Gasteiger partial charge in [0.25, 0.3) is 0 Å². The highest BCUT2D eigenvalue weighted by atomic mass is 32.2. The first-order valence-electron chi connectivity index (χ1n) is 9.55. The number of ether oxygens (including phenoxy) is 2. The smallest absolute Gasteiger partial charge is 0.414 e. The van der Waals surface area contributed by atoms with Gasteiger partial charge in [-0.05, 0) is 67.7 Å². The van der Waals surface area contributed by atoms with Gasteiger partial charge in [-0.15, -0.1) is 0 Å². The number of hydrogen-bond acceptors (Lipinski definition) is 5. The van der Waals surface area contributed by atoms with Crippen LogP contribution in [0.1, 0.15) is 32.3 Å². The molecule has 2 amide bonds. The van der Waals surface area contributed by atoms with E-state index in [2.05, 4.69) is 5.32 Å². The summed E-state index contributed by atoms with van der Waals surface area (Å²) < 4.78 is 25.1. The molecule has 2 saturated heterocycles. The van der Waals surface area contributed by atoms with Crippen molar-refractivity contribution in [3.63, 3.8) is 0 Å². The van der Waals surface area contributed by atoms with Crippen molar-refractivity contribution in [1.82, 2.24) is 5.32 Å². The van der Waals surface area contributed by atoms with Crippen LogP contribution in [0.25, 0.3) is 0 Å². The first kappa shape index (κ1) is 19.4. The molecular weight excluding hydrogens is 383 g/mol. The van der Waals surface area contributed by atoms with Crippen LogP contribution in [0.5, 0.6) is 0 Å². The Morgan fingerprint density at radius 2 is 2.07 bits per heavy atom. The average molecular weight is 408 g/mol. The lowest BCUT2D eigenvalue weighted by atomic mass is 10.1. The Morgan fingerprint density at radius 1 is 1.36 bits per heavy atom. The molecule has 1 aromatic carbocycles. The van der Waals surface area contributed by atoms with Crippen LogP contribution >= 0.6 is 11.8 Å². The Balaban J connectivity index is 1.35. The number of carbonyl (C=O) groups is 2. The van der Waals surface area contributed by atoms with Gasteiger partial charge in [-0.1, -0.05) is 6.07 Å². The molecule has 1 aromatic rings. The van der Waals surface area contributed by atoms with E-state index in [0.717, 1.165) is 17.1 Å². The summed E-state index contributed by atoms with van der Waals surface area (Å²) in [6.07, 6.45) is -1.61. The predicted molar refractivity (Wildman–Crippen MR) is 105 cm³/mol. The van der Waals surface area contributed by atoms with Gasteiger partial charge in [0.1, 0.15) is 17.5 Å². The van der Waals surface area contributed by atoms with E-state index in [1.54, 1.807) is 32.9 Å². The van der Waals surface area contributed by atoms with Gasteiger partial charge in [-0.25, -0.2) is 14.0 Å². The van der Waals surface area contributed by atoms with Crippen LogP contribution in [0, 0.1) is 17.7 Å². The Bertz CT molecular complexity index is 787. The molecule has 0 bridgehead atoms. The van der Waals surface area contributed by atoms with Gasteiger partial charge < -0.3 is 14.8 Å². The first-order chi connectivity index (χ1) is 13.2. The number of alkyl carbamates (subject to hydrolysis) is 1.